The van der Waals surface area contributed by atoms with Gasteiger partial charge in [0.25, 0.3) is 0 Å². The van der Waals surface area contributed by atoms with Gasteiger partial charge in [0.2, 0.25) is 0 Å². The average molecular weight is 213 g/mol. The lowest BCUT2D eigenvalue weighted by molar-refractivity contribution is -0.143. The van der Waals surface area contributed by atoms with Crippen LogP contribution in [-0.4, -0.2) is 24.7 Å². The number of ether oxygens (including phenoxy) is 1. The van der Waals surface area contributed by atoms with Crippen LogP contribution in [0.25, 0.3) is 0 Å². The van der Waals surface area contributed by atoms with Crippen LogP contribution >= 0.6 is 0 Å². The van der Waals surface area contributed by atoms with E-state index in [1.165, 1.54) is 19.3 Å². The Hall–Kier alpha value is -0.570. The Bertz CT molecular complexity index is 204. The lowest BCUT2D eigenvalue weighted by atomic mass is 9.83. The molecule has 88 valence electrons. The van der Waals surface area contributed by atoms with Crippen molar-refractivity contribution in [2.75, 3.05) is 13.2 Å². The molecule has 1 saturated carbocycles. The summed E-state index contributed by atoms with van der Waals surface area (Å²) in [5, 5.41) is 3.11. The van der Waals surface area contributed by atoms with Crippen molar-refractivity contribution in [3.63, 3.8) is 0 Å². The maximum Gasteiger partial charge on any atom is 0.319 e. The van der Waals surface area contributed by atoms with Gasteiger partial charge in [0.15, 0.2) is 0 Å². The van der Waals surface area contributed by atoms with Crippen LogP contribution in [-0.2, 0) is 9.53 Å². The first-order chi connectivity index (χ1) is 6.97. The van der Waals surface area contributed by atoms with Gasteiger partial charge in [-0.3, -0.25) is 4.79 Å². The number of esters is 1. The fourth-order valence-electron chi connectivity index (χ4n) is 1.51. The smallest absolute Gasteiger partial charge is 0.319 e. The zero-order chi connectivity index (χ0) is 11.3. The van der Waals surface area contributed by atoms with Crippen LogP contribution < -0.4 is 5.32 Å². The summed E-state index contributed by atoms with van der Waals surface area (Å²) in [5.41, 5.74) is -0.0208. The first kappa shape index (κ1) is 12.5. The quantitative estimate of drug-likeness (QED) is 0.711. The van der Waals surface area contributed by atoms with Crippen molar-refractivity contribution in [3.05, 3.63) is 0 Å². The highest BCUT2D eigenvalue weighted by molar-refractivity contribution is 5.71. The van der Waals surface area contributed by atoms with E-state index in [2.05, 4.69) is 5.32 Å². The molecule has 0 unspecified atom stereocenters. The number of carbonyl (C=O) groups excluding carboxylic acids is 1. The fraction of sp³-hybridized carbons (Fsp3) is 0.917. The fourth-order valence-corrected chi connectivity index (χ4v) is 1.51. The molecule has 0 bridgehead atoms. The highest BCUT2D eigenvalue weighted by Gasteiger charge is 2.17. The Labute approximate surface area is 92.6 Å². The third-order valence-corrected chi connectivity index (χ3v) is 2.78. The van der Waals surface area contributed by atoms with Crippen LogP contribution in [0.15, 0.2) is 0 Å². The van der Waals surface area contributed by atoms with E-state index in [1.807, 2.05) is 20.8 Å². The van der Waals surface area contributed by atoms with Crippen LogP contribution in [0, 0.1) is 5.92 Å². The number of rotatable bonds is 5. The van der Waals surface area contributed by atoms with E-state index < -0.39 is 0 Å². The molecule has 0 aliphatic heterocycles. The van der Waals surface area contributed by atoms with Gasteiger partial charge < -0.3 is 10.1 Å². The second-order valence-corrected chi connectivity index (χ2v) is 5.41. The predicted molar refractivity (Wildman–Crippen MR) is 60.7 cm³/mol. The highest BCUT2D eigenvalue weighted by Crippen LogP contribution is 2.29. The second-order valence-electron chi connectivity index (χ2n) is 5.41. The van der Waals surface area contributed by atoms with Crippen molar-refractivity contribution in [3.8, 4) is 0 Å². The van der Waals surface area contributed by atoms with Crippen molar-refractivity contribution in [1.82, 2.24) is 5.32 Å². The number of carbonyl (C=O) groups is 1. The Kier molecular flexibility index (Phi) is 4.58. The normalized spacial score (nSPS) is 17.3. The van der Waals surface area contributed by atoms with E-state index in [1.54, 1.807) is 0 Å². The van der Waals surface area contributed by atoms with Crippen molar-refractivity contribution < 1.29 is 9.53 Å². The summed E-state index contributed by atoms with van der Waals surface area (Å²) in [6.07, 6.45) is 5.03. The van der Waals surface area contributed by atoms with E-state index >= 15 is 0 Å². The van der Waals surface area contributed by atoms with Crippen LogP contribution in [0.5, 0.6) is 0 Å². The van der Waals surface area contributed by atoms with Crippen LogP contribution in [0.1, 0.15) is 46.5 Å². The summed E-state index contributed by atoms with van der Waals surface area (Å²) >= 11 is 0. The average Bonchev–Trinajstić information content (AvgIpc) is 2.04. The van der Waals surface area contributed by atoms with E-state index in [-0.39, 0.29) is 11.5 Å². The van der Waals surface area contributed by atoms with Crippen molar-refractivity contribution in [2.24, 2.45) is 5.92 Å². The summed E-state index contributed by atoms with van der Waals surface area (Å²) < 4.78 is 5.14. The summed E-state index contributed by atoms with van der Waals surface area (Å²) in [4.78, 5) is 11.3. The molecule has 1 aliphatic rings. The topological polar surface area (TPSA) is 38.3 Å². The molecule has 0 atom stereocenters. The zero-order valence-corrected chi connectivity index (χ0v) is 10.1. The minimum absolute atomic E-state index is 0.0208. The summed E-state index contributed by atoms with van der Waals surface area (Å²) in [5.74, 6) is 0.678. The lowest BCUT2D eigenvalue weighted by Gasteiger charge is -2.25. The molecule has 1 N–H and O–H groups in total. The van der Waals surface area contributed by atoms with Crippen molar-refractivity contribution in [1.29, 1.82) is 0 Å². The molecule has 0 aromatic heterocycles. The molecule has 0 saturated heterocycles. The Morgan fingerprint density at radius 1 is 1.40 bits per heavy atom. The largest absolute Gasteiger partial charge is 0.465 e. The third kappa shape index (κ3) is 5.78. The van der Waals surface area contributed by atoms with Gasteiger partial charge in [-0.15, -0.1) is 0 Å². The maximum absolute atomic E-state index is 11.3. The summed E-state index contributed by atoms with van der Waals surface area (Å²) in [6.45, 7) is 7.02. The van der Waals surface area contributed by atoms with E-state index in [0.717, 1.165) is 12.3 Å². The van der Waals surface area contributed by atoms with E-state index in [4.69, 9.17) is 4.74 Å². The van der Waals surface area contributed by atoms with Gasteiger partial charge in [0.1, 0.15) is 0 Å². The number of hydrogen-bond donors (Lipinski definition) is 1. The molecule has 3 heteroatoms. The van der Waals surface area contributed by atoms with Crippen LogP contribution in [0.3, 0.4) is 0 Å². The van der Waals surface area contributed by atoms with Crippen LogP contribution in [0.4, 0.5) is 0 Å². The van der Waals surface area contributed by atoms with E-state index in [9.17, 15) is 4.79 Å². The number of nitrogens with one attached hydrogen (secondary N) is 1. The van der Waals surface area contributed by atoms with Gasteiger partial charge in [-0.05, 0) is 33.1 Å². The van der Waals surface area contributed by atoms with Gasteiger partial charge in [0.05, 0.1) is 13.2 Å². The second kappa shape index (κ2) is 5.50. The molecule has 0 spiro atoms. The van der Waals surface area contributed by atoms with Gasteiger partial charge in [-0.1, -0.05) is 19.3 Å². The minimum atomic E-state index is -0.135. The molecular weight excluding hydrogens is 190 g/mol. The highest BCUT2D eigenvalue weighted by atomic mass is 16.5. The van der Waals surface area contributed by atoms with Crippen molar-refractivity contribution in [2.45, 2.75) is 52.0 Å². The number of hydrogen-bond acceptors (Lipinski definition) is 3. The molecule has 0 radical (unpaired) electrons. The first-order valence-electron chi connectivity index (χ1n) is 5.88. The van der Waals surface area contributed by atoms with Gasteiger partial charge in [-0.2, -0.15) is 0 Å². The molecule has 15 heavy (non-hydrogen) atoms. The summed E-state index contributed by atoms with van der Waals surface area (Å²) in [6, 6.07) is 0. The van der Waals surface area contributed by atoms with Crippen LogP contribution in [0.2, 0.25) is 0 Å². The zero-order valence-electron chi connectivity index (χ0n) is 10.1. The first-order valence-corrected chi connectivity index (χ1v) is 5.88. The molecule has 3 nitrogen and oxygen atoms in total. The lowest BCUT2D eigenvalue weighted by Crippen LogP contribution is -2.40. The monoisotopic (exact) mass is 213 g/mol. The molecule has 0 heterocycles. The minimum Gasteiger partial charge on any atom is -0.465 e. The Morgan fingerprint density at radius 3 is 2.53 bits per heavy atom. The predicted octanol–water partition coefficient (Wildman–Crippen LogP) is 2.11. The van der Waals surface area contributed by atoms with Gasteiger partial charge in [-0.25, -0.2) is 0 Å². The molecular formula is C12H23NO2. The molecule has 0 amide bonds. The summed E-state index contributed by atoms with van der Waals surface area (Å²) in [7, 11) is 0. The molecule has 0 aromatic rings. The van der Waals surface area contributed by atoms with Gasteiger partial charge >= 0.3 is 5.97 Å². The molecule has 1 fully saturated rings. The van der Waals surface area contributed by atoms with E-state index in [0.29, 0.717) is 13.2 Å². The third-order valence-electron chi connectivity index (χ3n) is 2.78. The van der Waals surface area contributed by atoms with Gasteiger partial charge in [0, 0.05) is 5.54 Å². The molecule has 0 aromatic carbocycles. The Morgan fingerprint density at radius 2 is 2.07 bits per heavy atom. The Balaban J connectivity index is 1.98. The van der Waals surface area contributed by atoms with Crippen molar-refractivity contribution >= 4 is 5.97 Å². The molecule has 1 aliphatic carbocycles. The standard InChI is InChI=1S/C12H23NO2/c1-12(2,3)13-9-11(14)15-8-7-10-5-4-6-10/h10,13H,4-9H2,1-3H3. The maximum atomic E-state index is 11.3. The molecule has 1 rings (SSSR count). The SMILES string of the molecule is CC(C)(C)NCC(=O)OCCC1CCC1.